The van der Waals surface area contributed by atoms with E-state index in [1.54, 1.807) is 114 Å². The van der Waals surface area contributed by atoms with Gasteiger partial charge in [-0.1, -0.05) is 226 Å². The number of rotatable bonds is 40. The first-order valence-electron chi connectivity index (χ1n) is 43.6. The first kappa shape index (κ1) is 105. The molecule has 6 aromatic carbocycles. The number of unbranched alkanes of at least 4 members (excludes halogenated alkanes) is 10. The molecule has 0 aromatic heterocycles. The van der Waals surface area contributed by atoms with Crippen molar-refractivity contribution in [2.45, 2.75) is 234 Å². The van der Waals surface area contributed by atoms with E-state index in [1.165, 1.54) is 74.8 Å². The number of ether oxygens (including phenoxy) is 6. The molecule has 0 N–H and O–H groups in total. The number of benzene rings is 6. The molecule has 6 aromatic rings. The van der Waals surface area contributed by atoms with Crippen LogP contribution in [0.5, 0.6) is 5.75 Å². The molecular formula is C103H136N6O14S. The number of Topliss-reactive ketones (excluding diaryl/α,β-unsaturated/α-hetero) is 2. The van der Waals surface area contributed by atoms with Gasteiger partial charge in [-0.05, 0) is 201 Å². The number of hydrogen-bond acceptors (Lipinski definition) is 20. The minimum absolute atomic E-state index is 0.00194. The summed E-state index contributed by atoms with van der Waals surface area (Å²) in [5, 5.41) is 18.2. The predicted molar refractivity (Wildman–Crippen MR) is 497 cm³/mol. The number of esters is 4. The van der Waals surface area contributed by atoms with Crippen molar-refractivity contribution < 1.29 is 65.6 Å². The van der Waals surface area contributed by atoms with E-state index >= 15 is 0 Å². The van der Waals surface area contributed by atoms with Crippen LogP contribution in [0.25, 0.3) is 0 Å². The second-order valence-corrected chi connectivity index (χ2v) is 34.1. The van der Waals surface area contributed by atoms with E-state index in [4.69, 9.17) is 38.9 Å². The SMILES string of the molecule is CC(C)OC(=O)C(=C/C=C1\OCC(C)(C)N1C)C(=O)OC(C)C.CCCCCCCCOC(=O)/C(=C/C=C/N(CC)CC)Cc1ccccc1.CCCCCCCCOC(=O)/C(=C/C=C/N(CC)CC)S(=O)(=O)c1ccccc1.CN1c2ccccc2C(C=C(C#N)C#N)C1c1ccccc1.COc1ccc(C(=O)CC(=O)c2ccc(C(C)(C)C)cc2)cc1. The van der Waals surface area contributed by atoms with E-state index < -0.39 is 27.7 Å². The van der Waals surface area contributed by atoms with Gasteiger partial charge in [0.25, 0.3) is 0 Å². The molecule has 1 fully saturated rings. The van der Waals surface area contributed by atoms with Gasteiger partial charge in [-0.2, -0.15) is 10.5 Å². The van der Waals surface area contributed by atoms with Gasteiger partial charge in [0, 0.05) is 75.0 Å². The van der Waals surface area contributed by atoms with Crippen LogP contribution in [0.2, 0.25) is 0 Å². The Kier molecular flexibility index (Phi) is 47.5. The molecule has 0 spiro atoms. The third-order valence-corrected chi connectivity index (χ3v) is 22.3. The van der Waals surface area contributed by atoms with Crippen LogP contribution in [-0.2, 0) is 64.5 Å². The van der Waals surface area contributed by atoms with Gasteiger partial charge in [0.1, 0.15) is 35.6 Å². The molecule has 2 aliphatic heterocycles. The molecule has 124 heavy (non-hydrogen) atoms. The number of carbonyl (C=O) groups is 6. The van der Waals surface area contributed by atoms with Crippen LogP contribution in [0.1, 0.15) is 242 Å². The molecule has 0 radical (unpaired) electrons. The Morgan fingerprint density at radius 2 is 1.03 bits per heavy atom. The molecule has 0 amide bonds. The minimum Gasteiger partial charge on any atom is -0.497 e. The molecule has 8 rings (SSSR count). The van der Waals surface area contributed by atoms with Gasteiger partial charge in [0.2, 0.25) is 9.84 Å². The summed E-state index contributed by atoms with van der Waals surface area (Å²) < 4.78 is 57.7. The van der Waals surface area contributed by atoms with Gasteiger partial charge < -0.3 is 48.0 Å². The molecule has 0 aliphatic carbocycles. The van der Waals surface area contributed by atoms with Crippen LogP contribution >= 0.6 is 0 Å². The summed E-state index contributed by atoms with van der Waals surface area (Å²) in [5.74, 6) is -1.48. The number of allylic oxidation sites excluding steroid dienone is 7. The average molecular weight is 1710 g/mol. The van der Waals surface area contributed by atoms with Gasteiger partial charge >= 0.3 is 23.9 Å². The van der Waals surface area contributed by atoms with E-state index in [2.05, 4.69) is 89.6 Å². The van der Waals surface area contributed by atoms with Crippen LogP contribution < -0.4 is 9.64 Å². The van der Waals surface area contributed by atoms with Crippen molar-refractivity contribution in [2.75, 3.05) is 72.1 Å². The Balaban J connectivity index is 0.000000326. The van der Waals surface area contributed by atoms with E-state index in [0.717, 1.165) is 80.7 Å². The molecule has 2 unspecified atom stereocenters. The summed E-state index contributed by atoms with van der Waals surface area (Å²) in [6, 6.07) is 54.8. The van der Waals surface area contributed by atoms with Crippen LogP contribution in [0.15, 0.2) is 251 Å². The number of nitriles is 2. The summed E-state index contributed by atoms with van der Waals surface area (Å²) in [7, 11) is 1.57. The molecule has 2 atom stereocenters. The lowest BCUT2D eigenvalue weighted by Gasteiger charge is -2.26. The molecular weight excluding hydrogens is 1580 g/mol. The zero-order valence-electron chi connectivity index (χ0n) is 76.8. The second-order valence-electron chi connectivity index (χ2n) is 32.2. The summed E-state index contributed by atoms with van der Waals surface area (Å²) in [5.41, 5.74) is 7.47. The fraction of sp³-hybridized carbons (Fsp3) is 0.437. The third-order valence-electron chi connectivity index (χ3n) is 20.6. The Hall–Kier alpha value is -11.6. The summed E-state index contributed by atoms with van der Waals surface area (Å²) >= 11 is 0. The number of anilines is 1. The molecule has 21 heteroatoms. The fourth-order valence-electron chi connectivity index (χ4n) is 13.0. The van der Waals surface area contributed by atoms with Gasteiger partial charge in [-0.15, -0.1) is 0 Å². The largest absolute Gasteiger partial charge is 0.497 e. The highest BCUT2D eigenvalue weighted by Crippen LogP contribution is 2.49. The molecule has 668 valence electrons. The number of hydrogen-bond donors (Lipinski definition) is 0. The Bertz CT molecular complexity index is 4650. The Labute approximate surface area is 740 Å². The number of ketones is 2. The first-order chi connectivity index (χ1) is 59.3. The van der Waals surface area contributed by atoms with Crippen LogP contribution in [0.3, 0.4) is 0 Å². The molecule has 1 saturated heterocycles. The zero-order chi connectivity index (χ0) is 91.6. The number of likely N-dealkylation sites (N-methyl/N-ethyl adjacent to an activating group) is 2. The van der Waals surface area contributed by atoms with Crippen LogP contribution in [0, 0.1) is 22.7 Å². The van der Waals surface area contributed by atoms with E-state index in [0.29, 0.717) is 48.0 Å². The summed E-state index contributed by atoms with van der Waals surface area (Å²) in [6.45, 7) is 34.7. The van der Waals surface area contributed by atoms with Crippen LogP contribution in [-0.4, -0.2) is 144 Å². The van der Waals surface area contributed by atoms with Crippen molar-refractivity contribution in [3.8, 4) is 17.9 Å². The minimum atomic E-state index is -3.95. The van der Waals surface area contributed by atoms with Gasteiger partial charge in [0.05, 0.1) is 55.4 Å². The normalized spacial score (nSPS) is 14.2. The highest BCUT2D eigenvalue weighted by Gasteiger charge is 2.37. The van der Waals surface area contributed by atoms with Gasteiger partial charge in [0.15, 0.2) is 22.4 Å². The summed E-state index contributed by atoms with van der Waals surface area (Å²) in [4.78, 5) is 82.0. The average Bonchev–Trinajstić information content (AvgIpc) is 1.61. The summed E-state index contributed by atoms with van der Waals surface area (Å²) in [6.07, 6.45) is 28.7. The molecule has 20 nitrogen and oxygen atoms in total. The molecule has 0 saturated carbocycles. The molecule has 2 heterocycles. The van der Waals surface area contributed by atoms with Crippen molar-refractivity contribution in [3.63, 3.8) is 0 Å². The van der Waals surface area contributed by atoms with E-state index in [9.17, 15) is 37.2 Å². The van der Waals surface area contributed by atoms with Crippen molar-refractivity contribution >= 4 is 51.0 Å². The van der Waals surface area contributed by atoms with Crippen LogP contribution in [0.4, 0.5) is 5.69 Å². The highest BCUT2D eigenvalue weighted by molar-refractivity contribution is 7.96. The second kappa shape index (κ2) is 56.3. The maximum Gasteiger partial charge on any atom is 0.350 e. The number of carbonyl (C=O) groups excluding carboxylic acids is 6. The maximum atomic E-state index is 13.0. The predicted octanol–water partition coefficient (Wildman–Crippen LogP) is 21.8. The number of fused-ring (bicyclic) bond motifs is 1. The standard InChI is InChI=1S/C24H37NO2.C23H35NO4S.C20H22O3.C19H15N3.C17H27NO5/c1-4-7-8-9-10-14-20-27-24(26)23(18-15-19-25(5-2)6-3)21-22-16-12-11-13-17-22;1-4-7-8-9-10-14-20-28-23(25)22(18-15-19-24(5-2)6-3)29(26,27)21-16-12-11-13-17-21;1-20(2,3)16-9-5-14(6-10-16)18(21)13-19(22)15-7-11-17(23-4)12-8-15;1-22-18-10-6-5-9-16(18)17(11-14(12-20)13-21)19(22)15-7-3-2-4-8-15;1-11(2)22-15(19)13(16(20)23-12(3)4)8-9-14-18(7)17(5,6)10-21-14/h11-13,15-19H,4-10,14,20-21H2,1-3H3;11-13,15-19H,4-10,14,20H2,1-3H3;5-12H,13H2,1-4H3;2-11,17,19H,1H3;8-9,11-12H,10H2,1-7H3/b19-15+,23-18+;19-15+,22-18-;;;14-9-. The Morgan fingerprint density at radius 3 is 1.50 bits per heavy atom. The lowest BCUT2D eigenvalue weighted by Crippen LogP contribution is -2.36. The lowest BCUT2D eigenvalue weighted by atomic mass is 9.86. The number of methoxy groups -OCH3 is 1. The topological polar surface area (TPSA) is 252 Å². The monoisotopic (exact) mass is 1710 g/mol. The van der Waals surface area contributed by atoms with Gasteiger partial charge in [-0.25, -0.2) is 27.6 Å². The number of nitrogens with zero attached hydrogens (tertiary/aromatic N) is 6. The maximum absolute atomic E-state index is 13.0. The van der Waals surface area contributed by atoms with E-state index in [-0.39, 0.29) is 86.6 Å². The smallest absolute Gasteiger partial charge is 0.350 e. The van der Waals surface area contributed by atoms with E-state index in [1.807, 2.05) is 148 Å². The third kappa shape index (κ3) is 36.5. The number of sulfone groups is 1. The highest BCUT2D eigenvalue weighted by atomic mass is 32.2. The lowest BCUT2D eigenvalue weighted by molar-refractivity contribution is -0.151. The molecule has 2 aliphatic rings. The van der Waals surface area contributed by atoms with Gasteiger partial charge in [-0.3, -0.25) is 9.59 Å². The Morgan fingerprint density at radius 1 is 0.573 bits per heavy atom. The number of para-hydroxylation sites is 1. The van der Waals surface area contributed by atoms with Crippen molar-refractivity contribution in [3.05, 3.63) is 280 Å². The van der Waals surface area contributed by atoms with Crippen molar-refractivity contribution in [1.82, 2.24) is 14.7 Å². The quantitative estimate of drug-likeness (QED) is 0.00399. The zero-order valence-corrected chi connectivity index (χ0v) is 77.6. The fourth-order valence-corrected chi connectivity index (χ4v) is 14.3. The van der Waals surface area contributed by atoms with Crippen molar-refractivity contribution in [1.29, 1.82) is 10.5 Å². The van der Waals surface area contributed by atoms with Crippen molar-refractivity contribution in [2.24, 2.45) is 0 Å². The first-order valence-corrected chi connectivity index (χ1v) is 45.1. The molecule has 0 bridgehead atoms.